The number of nitrogens with one attached hydrogen (secondary N) is 1. The van der Waals surface area contributed by atoms with Crippen molar-refractivity contribution in [3.8, 4) is 0 Å². The van der Waals surface area contributed by atoms with E-state index in [0.717, 1.165) is 15.7 Å². The van der Waals surface area contributed by atoms with Crippen LogP contribution in [0.4, 0.5) is 10.7 Å². The lowest BCUT2D eigenvalue weighted by molar-refractivity contribution is 0.0511. The highest BCUT2D eigenvalue weighted by Crippen LogP contribution is 2.15. The van der Waals surface area contributed by atoms with Gasteiger partial charge in [0.05, 0.1) is 12.8 Å². The van der Waals surface area contributed by atoms with Gasteiger partial charge in [0.25, 0.3) is 0 Å². The highest BCUT2D eigenvalue weighted by atomic mass is 16.6. The molecule has 0 aliphatic carbocycles. The minimum absolute atomic E-state index is 0.00970. The lowest BCUT2D eigenvalue weighted by Gasteiger charge is -2.12. The van der Waals surface area contributed by atoms with Crippen molar-refractivity contribution in [1.82, 2.24) is 9.55 Å². The van der Waals surface area contributed by atoms with Crippen molar-refractivity contribution in [2.75, 3.05) is 11.9 Å². The zero-order valence-electron chi connectivity index (χ0n) is 15.5. The summed E-state index contributed by atoms with van der Waals surface area (Å²) in [7, 11) is 0. The number of aromatic nitrogens is 2. The van der Waals surface area contributed by atoms with Crippen LogP contribution in [0.25, 0.3) is 0 Å². The molecule has 1 aromatic heterocycles. The summed E-state index contributed by atoms with van der Waals surface area (Å²) in [5, 5.41) is 3.07. The zero-order valence-corrected chi connectivity index (χ0v) is 15.5. The lowest BCUT2D eigenvalue weighted by atomic mass is 10.2. The van der Waals surface area contributed by atoms with Crippen molar-refractivity contribution in [2.45, 2.75) is 20.1 Å². The van der Waals surface area contributed by atoms with Crippen LogP contribution >= 0.6 is 0 Å². The average Bonchev–Trinajstić information content (AvgIpc) is 3.16. The fourth-order valence-corrected chi connectivity index (χ4v) is 2.57. The first-order valence-corrected chi connectivity index (χ1v) is 8.92. The molecule has 0 bridgehead atoms. The molecular formula is C21H21N3O4. The second kappa shape index (κ2) is 9.36. The molecule has 7 heteroatoms. The Hall–Kier alpha value is -3.61. The molecular weight excluding hydrogens is 358 g/mol. The zero-order chi connectivity index (χ0) is 19.8. The maximum absolute atomic E-state index is 12.7. The predicted molar refractivity (Wildman–Crippen MR) is 104 cm³/mol. The van der Waals surface area contributed by atoms with Gasteiger partial charge in [0, 0.05) is 6.54 Å². The van der Waals surface area contributed by atoms with Crippen LogP contribution in [-0.4, -0.2) is 28.2 Å². The van der Waals surface area contributed by atoms with Crippen LogP contribution in [0.3, 0.4) is 0 Å². The summed E-state index contributed by atoms with van der Waals surface area (Å²) >= 11 is 0. The second-order valence-corrected chi connectivity index (χ2v) is 5.90. The van der Waals surface area contributed by atoms with Crippen LogP contribution in [0.5, 0.6) is 0 Å². The summed E-state index contributed by atoms with van der Waals surface area (Å²) in [5.74, 6) is -0.426. The summed E-state index contributed by atoms with van der Waals surface area (Å²) in [6.07, 6.45) is 0.592. The number of hydrogen-bond acceptors (Lipinski definition) is 6. The first-order chi connectivity index (χ1) is 13.7. The molecule has 0 radical (unpaired) electrons. The van der Waals surface area contributed by atoms with Crippen molar-refractivity contribution >= 4 is 18.0 Å². The van der Waals surface area contributed by atoms with E-state index in [0.29, 0.717) is 6.54 Å². The Kier molecular flexibility index (Phi) is 6.41. The number of rotatable bonds is 7. The topological polar surface area (TPSA) is 82.5 Å². The van der Waals surface area contributed by atoms with Crippen LogP contribution in [0.2, 0.25) is 0 Å². The molecule has 7 nitrogen and oxygen atoms in total. The molecule has 3 rings (SSSR count). The van der Waals surface area contributed by atoms with Crippen LogP contribution < -0.4 is 5.32 Å². The van der Waals surface area contributed by atoms with Gasteiger partial charge in [0.15, 0.2) is 5.69 Å². The molecule has 28 heavy (non-hydrogen) atoms. The van der Waals surface area contributed by atoms with E-state index < -0.39 is 12.1 Å². The maximum atomic E-state index is 12.7. The summed E-state index contributed by atoms with van der Waals surface area (Å²) < 4.78 is 11.5. The Labute approximate surface area is 162 Å². The van der Waals surface area contributed by atoms with Gasteiger partial charge in [-0.05, 0) is 18.1 Å². The van der Waals surface area contributed by atoms with E-state index in [9.17, 15) is 9.59 Å². The molecule has 1 N–H and O–H groups in total. The molecule has 0 amide bonds. The largest absolute Gasteiger partial charge is 0.461 e. The molecule has 2 aromatic carbocycles. The maximum Gasteiger partial charge on any atom is 0.421 e. The van der Waals surface area contributed by atoms with Gasteiger partial charge in [0.1, 0.15) is 6.61 Å². The molecule has 0 aliphatic heterocycles. The molecule has 3 aromatic rings. The molecule has 0 aliphatic rings. The number of anilines is 1. The molecule has 0 atom stereocenters. The van der Waals surface area contributed by atoms with E-state index >= 15 is 0 Å². The van der Waals surface area contributed by atoms with E-state index in [1.807, 2.05) is 60.7 Å². The minimum atomic E-state index is -0.708. The van der Waals surface area contributed by atoms with Crippen molar-refractivity contribution in [2.24, 2.45) is 0 Å². The van der Waals surface area contributed by atoms with Crippen LogP contribution in [0, 0.1) is 0 Å². The van der Waals surface area contributed by atoms with E-state index in [2.05, 4.69) is 10.3 Å². The molecule has 0 spiro atoms. The number of ether oxygens (including phenoxy) is 2. The monoisotopic (exact) mass is 379 g/mol. The van der Waals surface area contributed by atoms with E-state index in [1.54, 1.807) is 6.92 Å². The summed E-state index contributed by atoms with van der Waals surface area (Å²) in [5.41, 5.74) is 1.86. The third-order valence-electron chi connectivity index (χ3n) is 3.93. The first-order valence-electron chi connectivity index (χ1n) is 8.92. The third kappa shape index (κ3) is 4.76. The number of imidazole rings is 1. The number of benzene rings is 2. The van der Waals surface area contributed by atoms with Gasteiger partial charge in [0.2, 0.25) is 5.95 Å². The van der Waals surface area contributed by atoms with Gasteiger partial charge < -0.3 is 14.8 Å². The average molecular weight is 379 g/mol. The Balaban J connectivity index is 1.79. The van der Waals surface area contributed by atoms with Gasteiger partial charge in [-0.2, -0.15) is 0 Å². The SMILES string of the molecule is CCOC(=O)c1cnc(NCc2ccccc2)n1C(=O)OCc1ccccc1. The van der Waals surface area contributed by atoms with Crippen molar-refractivity contribution in [1.29, 1.82) is 0 Å². The number of esters is 1. The predicted octanol–water partition coefficient (Wildman–Crippen LogP) is 3.86. The highest BCUT2D eigenvalue weighted by molar-refractivity contribution is 5.93. The van der Waals surface area contributed by atoms with Gasteiger partial charge in [-0.3, -0.25) is 0 Å². The van der Waals surface area contributed by atoms with Gasteiger partial charge in [-0.15, -0.1) is 0 Å². The minimum Gasteiger partial charge on any atom is -0.461 e. The molecule has 0 fully saturated rings. The Morgan fingerprint density at radius 1 is 0.964 bits per heavy atom. The van der Waals surface area contributed by atoms with Crippen LogP contribution in [0.1, 0.15) is 28.5 Å². The fraction of sp³-hybridized carbons (Fsp3) is 0.190. The number of carbonyl (C=O) groups is 2. The molecule has 1 heterocycles. The standard InChI is InChI=1S/C21H21N3O4/c1-2-27-19(25)18-14-23-20(22-13-16-9-5-3-6-10-16)24(18)21(26)28-15-17-11-7-4-8-12-17/h3-12,14H,2,13,15H2,1H3,(H,22,23). The summed E-state index contributed by atoms with van der Waals surface area (Å²) in [4.78, 5) is 29.1. The number of nitrogens with zero attached hydrogens (tertiary/aromatic N) is 2. The van der Waals surface area contributed by atoms with E-state index in [4.69, 9.17) is 9.47 Å². The Morgan fingerprint density at radius 3 is 2.25 bits per heavy atom. The highest BCUT2D eigenvalue weighted by Gasteiger charge is 2.23. The quantitative estimate of drug-likeness (QED) is 0.628. The van der Waals surface area contributed by atoms with Gasteiger partial charge >= 0.3 is 12.1 Å². The Bertz CT molecular complexity index is 923. The van der Waals surface area contributed by atoms with E-state index in [-0.39, 0.29) is 24.9 Å². The van der Waals surface area contributed by atoms with Gasteiger partial charge in [-0.25, -0.2) is 19.1 Å². The molecule has 0 unspecified atom stereocenters. The lowest BCUT2D eigenvalue weighted by Crippen LogP contribution is -2.22. The Morgan fingerprint density at radius 2 is 1.61 bits per heavy atom. The van der Waals surface area contributed by atoms with Crippen molar-refractivity contribution in [3.63, 3.8) is 0 Å². The molecule has 0 saturated heterocycles. The second-order valence-electron chi connectivity index (χ2n) is 5.90. The molecule has 144 valence electrons. The summed E-state index contributed by atoms with van der Waals surface area (Å²) in [6.45, 7) is 2.40. The third-order valence-corrected chi connectivity index (χ3v) is 3.93. The van der Waals surface area contributed by atoms with Crippen LogP contribution in [-0.2, 0) is 22.6 Å². The number of carbonyl (C=O) groups excluding carboxylic acids is 2. The normalized spacial score (nSPS) is 10.3. The first kappa shape index (κ1) is 19.2. The van der Waals surface area contributed by atoms with Gasteiger partial charge in [-0.1, -0.05) is 60.7 Å². The van der Waals surface area contributed by atoms with E-state index in [1.165, 1.54) is 6.20 Å². The van der Waals surface area contributed by atoms with Crippen molar-refractivity contribution in [3.05, 3.63) is 83.7 Å². The smallest absolute Gasteiger partial charge is 0.421 e. The number of hydrogen-bond donors (Lipinski definition) is 1. The fourth-order valence-electron chi connectivity index (χ4n) is 2.57. The van der Waals surface area contributed by atoms with Crippen molar-refractivity contribution < 1.29 is 19.1 Å². The van der Waals surface area contributed by atoms with Crippen LogP contribution in [0.15, 0.2) is 66.9 Å². The molecule has 0 saturated carbocycles. The summed E-state index contributed by atoms with van der Waals surface area (Å²) in [6, 6.07) is 18.9.